The van der Waals surface area contributed by atoms with E-state index in [0.29, 0.717) is 5.92 Å². The maximum atomic E-state index is 10.9. The molecule has 2 atom stereocenters. The van der Waals surface area contributed by atoms with Crippen LogP contribution >= 0.6 is 0 Å². The van der Waals surface area contributed by atoms with E-state index in [1.807, 2.05) is 13.8 Å². The number of carbonyl (C=O) groups is 1. The van der Waals surface area contributed by atoms with Gasteiger partial charge in [-0.2, -0.15) is 0 Å². The Balaban J connectivity index is 4.11. The molecule has 0 fully saturated rings. The fraction of sp³-hybridized carbons (Fsp3) is 0.923. The van der Waals surface area contributed by atoms with Gasteiger partial charge in [-0.3, -0.25) is 0 Å². The summed E-state index contributed by atoms with van der Waals surface area (Å²) in [7, 11) is 0. The van der Waals surface area contributed by atoms with E-state index in [1.165, 1.54) is 25.7 Å². The van der Waals surface area contributed by atoms with E-state index >= 15 is 0 Å². The average molecular weight is 213 g/mol. The minimum atomic E-state index is -0.375. The number of hydrogen-bond donors (Lipinski definition) is 1. The molecule has 0 spiro atoms. The van der Waals surface area contributed by atoms with Crippen LogP contribution in [-0.4, -0.2) is 12.3 Å². The fourth-order valence-corrected chi connectivity index (χ4v) is 1.73. The molecule has 0 aromatic heterocycles. The third kappa shape index (κ3) is 5.31. The molecule has 2 heteroatoms. The van der Waals surface area contributed by atoms with Crippen molar-refractivity contribution < 1.29 is 4.79 Å². The lowest BCUT2D eigenvalue weighted by atomic mass is 9.79. The Hall–Kier alpha value is -0.370. The van der Waals surface area contributed by atoms with Crippen LogP contribution in [0.4, 0.5) is 0 Å². The minimum Gasteiger partial charge on any atom is -0.327 e. The third-order valence-electron chi connectivity index (χ3n) is 3.39. The molecule has 0 radical (unpaired) electrons. The Labute approximate surface area is 94.6 Å². The Morgan fingerprint density at radius 3 is 2.33 bits per heavy atom. The first-order valence-corrected chi connectivity index (χ1v) is 6.19. The summed E-state index contributed by atoms with van der Waals surface area (Å²) in [6.07, 6.45) is 6.89. The van der Waals surface area contributed by atoms with Crippen molar-refractivity contribution in [1.82, 2.24) is 0 Å². The maximum Gasteiger partial charge on any atom is 0.127 e. The molecule has 0 aliphatic rings. The predicted octanol–water partition coefficient (Wildman–Crippen LogP) is 3.15. The highest BCUT2D eigenvalue weighted by atomic mass is 16.1. The number of hydrogen-bond acceptors (Lipinski definition) is 2. The van der Waals surface area contributed by atoms with Crippen LogP contribution in [0.1, 0.15) is 59.8 Å². The van der Waals surface area contributed by atoms with Crippen molar-refractivity contribution in [2.75, 3.05) is 0 Å². The van der Waals surface area contributed by atoms with E-state index in [1.54, 1.807) is 0 Å². The van der Waals surface area contributed by atoms with Crippen molar-refractivity contribution in [3.63, 3.8) is 0 Å². The molecule has 2 nitrogen and oxygen atoms in total. The van der Waals surface area contributed by atoms with E-state index in [9.17, 15) is 4.79 Å². The molecule has 2 unspecified atom stereocenters. The largest absolute Gasteiger partial charge is 0.327 e. The van der Waals surface area contributed by atoms with Gasteiger partial charge in [-0.25, -0.2) is 0 Å². The van der Waals surface area contributed by atoms with E-state index in [4.69, 9.17) is 5.73 Å². The van der Waals surface area contributed by atoms with Crippen molar-refractivity contribution in [2.24, 2.45) is 17.1 Å². The molecular formula is C13H27NO. The van der Waals surface area contributed by atoms with Gasteiger partial charge in [0.15, 0.2) is 0 Å². The van der Waals surface area contributed by atoms with Gasteiger partial charge < -0.3 is 10.5 Å². The lowest BCUT2D eigenvalue weighted by Gasteiger charge is -2.29. The highest BCUT2D eigenvalue weighted by Gasteiger charge is 2.27. The van der Waals surface area contributed by atoms with Crippen LogP contribution in [0.3, 0.4) is 0 Å². The highest BCUT2D eigenvalue weighted by Crippen LogP contribution is 2.25. The SMILES string of the molecule is CCCCC(CC)CC(N)C(C)(C)C=O. The van der Waals surface area contributed by atoms with Crippen LogP contribution in [0, 0.1) is 11.3 Å². The van der Waals surface area contributed by atoms with Crippen LogP contribution < -0.4 is 5.73 Å². The summed E-state index contributed by atoms with van der Waals surface area (Å²) in [4.78, 5) is 10.9. The van der Waals surface area contributed by atoms with E-state index in [0.717, 1.165) is 12.7 Å². The summed E-state index contributed by atoms with van der Waals surface area (Å²) in [5.41, 5.74) is 5.70. The molecule has 2 N–H and O–H groups in total. The summed E-state index contributed by atoms with van der Waals surface area (Å²) in [5.74, 6) is 0.680. The molecule has 0 rings (SSSR count). The number of rotatable bonds is 8. The van der Waals surface area contributed by atoms with Gasteiger partial charge >= 0.3 is 0 Å². The smallest absolute Gasteiger partial charge is 0.127 e. The van der Waals surface area contributed by atoms with Crippen LogP contribution in [-0.2, 0) is 4.79 Å². The normalized spacial score (nSPS) is 16.1. The molecule has 0 amide bonds. The maximum absolute atomic E-state index is 10.9. The quantitative estimate of drug-likeness (QED) is 0.629. The zero-order valence-electron chi connectivity index (χ0n) is 10.8. The van der Waals surface area contributed by atoms with Gasteiger partial charge in [0.05, 0.1) is 0 Å². The van der Waals surface area contributed by atoms with Crippen molar-refractivity contribution in [2.45, 2.75) is 65.8 Å². The van der Waals surface area contributed by atoms with Gasteiger partial charge in [0.2, 0.25) is 0 Å². The molecular weight excluding hydrogens is 186 g/mol. The molecule has 90 valence electrons. The number of unbranched alkanes of at least 4 members (excludes halogenated alkanes) is 1. The first-order chi connectivity index (χ1) is 6.97. The van der Waals surface area contributed by atoms with Gasteiger partial charge in [0, 0.05) is 11.5 Å². The molecule has 15 heavy (non-hydrogen) atoms. The lowest BCUT2D eigenvalue weighted by Crippen LogP contribution is -2.40. The van der Waals surface area contributed by atoms with Gasteiger partial charge in [0.25, 0.3) is 0 Å². The third-order valence-corrected chi connectivity index (χ3v) is 3.39. The molecule has 0 aliphatic carbocycles. The monoisotopic (exact) mass is 213 g/mol. The summed E-state index contributed by atoms with van der Waals surface area (Å²) in [6, 6.07) is -0.00296. The van der Waals surface area contributed by atoms with Crippen molar-refractivity contribution in [3.05, 3.63) is 0 Å². The lowest BCUT2D eigenvalue weighted by molar-refractivity contribution is -0.115. The Morgan fingerprint density at radius 2 is 1.93 bits per heavy atom. The Kier molecular flexibility index (Phi) is 6.82. The summed E-state index contributed by atoms with van der Waals surface area (Å²) < 4.78 is 0. The number of carbonyl (C=O) groups excluding carboxylic acids is 1. The fourth-order valence-electron chi connectivity index (χ4n) is 1.73. The van der Waals surface area contributed by atoms with Crippen LogP contribution in [0.2, 0.25) is 0 Å². The Bertz CT molecular complexity index is 177. The summed E-state index contributed by atoms with van der Waals surface area (Å²) in [5, 5.41) is 0. The minimum absolute atomic E-state index is 0.00296. The first kappa shape index (κ1) is 14.6. The van der Waals surface area contributed by atoms with Crippen molar-refractivity contribution in [3.8, 4) is 0 Å². The van der Waals surface area contributed by atoms with Gasteiger partial charge in [0.1, 0.15) is 6.29 Å². The molecule has 0 aromatic carbocycles. The predicted molar refractivity (Wildman–Crippen MR) is 65.7 cm³/mol. The second kappa shape index (κ2) is 7.00. The standard InChI is InChI=1S/C13H27NO/c1-5-7-8-11(6-2)9-12(14)13(3,4)10-15/h10-12H,5-9,14H2,1-4H3. The topological polar surface area (TPSA) is 43.1 Å². The summed E-state index contributed by atoms with van der Waals surface area (Å²) in [6.45, 7) is 8.28. The zero-order chi connectivity index (χ0) is 11.9. The molecule has 0 saturated carbocycles. The molecule has 0 bridgehead atoms. The van der Waals surface area contributed by atoms with Crippen LogP contribution in [0.25, 0.3) is 0 Å². The molecule has 0 saturated heterocycles. The number of aldehydes is 1. The van der Waals surface area contributed by atoms with Crippen molar-refractivity contribution in [1.29, 1.82) is 0 Å². The van der Waals surface area contributed by atoms with Gasteiger partial charge in [-0.1, -0.05) is 53.4 Å². The number of nitrogens with two attached hydrogens (primary N) is 1. The van der Waals surface area contributed by atoms with E-state index < -0.39 is 0 Å². The van der Waals surface area contributed by atoms with Crippen LogP contribution in [0.15, 0.2) is 0 Å². The average Bonchev–Trinajstić information content (AvgIpc) is 2.23. The van der Waals surface area contributed by atoms with E-state index in [2.05, 4.69) is 13.8 Å². The van der Waals surface area contributed by atoms with Crippen LogP contribution in [0.5, 0.6) is 0 Å². The van der Waals surface area contributed by atoms with Crippen molar-refractivity contribution >= 4 is 6.29 Å². The van der Waals surface area contributed by atoms with E-state index in [-0.39, 0.29) is 11.5 Å². The molecule has 0 aliphatic heterocycles. The zero-order valence-corrected chi connectivity index (χ0v) is 10.8. The Morgan fingerprint density at radius 1 is 1.33 bits per heavy atom. The summed E-state index contributed by atoms with van der Waals surface area (Å²) >= 11 is 0. The first-order valence-electron chi connectivity index (χ1n) is 6.19. The van der Waals surface area contributed by atoms with Gasteiger partial charge in [-0.15, -0.1) is 0 Å². The molecule has 0 heterocycles. The van der Waals surface area contributed by atoms with Gasteiger partial charge in [-0.05, 0) is 12.3 Å². The second-order valence-corrected chi connectivity index (χ2v) is 5.20. The second-order valence-electron chi connectivity index (χ2n) is 5.20. The molecule has 0 aromatic rings. The highest BCUT2D eigenvalue weighted by molar-refractivity contribution is 5.59.